The zero-order valence-corrected chi connectivity index (χ0v) is 19.0. The van der Waals surface area contributed by atoms with Gasteiger partial charge in [0.05, 0.1) is 13.2 Å². The summed E-state index contributed by atoms with van der Waals surface area (Å²) >= 11 is 0. The fourth-order valence-electron chi connectivity index (χ4n) is 4.25. The number of aryl methyl sites for hydroxylation is 1. The molecule has 5 rings (SSSR count). The van der Waals surface area contributed by atoms with Crippen LogP contribution in [0.1, 0.15) is 33.5 Å². The normalized spacial score (nSPS) is 12.9. The van der Waals surface area contributed by atoms with Gasteiger partial charge in [0, 0.05) is 41.2 Å². The first-order valence-electron chi connectivity index (χ1n) is 11.4. The molecule has 2 heterocycles. The average molecular weight is 455 g/mol. The fraction of sp³-hybridized carbons (Fsp3) is 0.214. The molecule has 1 aliphatic rings. The van der Waals surface area contributed by atoms with E-state index in [4.69, 9.17) is 9.47 Å². The summed E-state index contributed by atoms with van der Waals surface area (Å²) in [4.78, 5) is 26.0. The highest BCUT2D eigenvalue weighted by Crippen LogP contribution is 2.32. The maximum Gasteiger partial charge on any atom is 0.240 e. The van der Waals surface area contributed by atoms with Crippen molar-refractivity contribution < 1.29 is 19.1 Å². The van der Waals surface area contributed by atoms with E-state index < -0.39 is 0 Å². The van der Waals surface area contributed by atoms with Crippen molar-refractivity contribution in [3.05, 3.63) is 95.2 Å². The summed E-state index contributed by atoms with van der Waals surface area (Å²) in [6, 6.07) is 20.8. The lowest BCUT2D eigenvalue weighted by Gasteiger charge is -2.13. The summed E-state index contributed by atoms with van der Waals surface area (Å²) in [7, 11) is 0. The van der Waals surface area contributed by atoms with Gasteiger partial charge in [-0.15, -0.1) is 0 Å². The van der Waals surface area contributed by atoms with Crippen molar-refractivity contribution in [3.8, 4) is 11.5 Å². The van der Waals surface area contributed by atoms with E-state index in [1.807, 2.05) is 66.1 Å². The highest BCUT2D eigenvalue weighted by atomic mass is 16.5. The average Bonchev–Trinajstić information content (AvgIpc) is 3.06. The van der Waals surface area contributed by atoms with Gasteiger partial charge in [-0.1, -0.05) is 48.5 Å². The largest absolute Gasteiger partial charge is 0.490 e. The second-order valence-corrected chi connectivity index (χ2v) is 8.44. The van der Waals surface area contributed by atoms with Crippen molar-refractivity contribution >= 4 is 22.6 Å². The number of nitrogens with zero attached hydrogens (tertiary/aromatic N) is 1. The fourth-order valence-corrected chi connectivity index (χ4v) is 4.25. The molecule has 6 nitrogen and oxygen atoms in total. The lowest BCUT2D eigenvalue weighted by Crippen LogP contribution is -2.27. The number of carbonyl (C=O) groups is 2. The van der Waals surface area contributed by atoms with Gasteiger partial charge < -0.3 is 19.4 Å². The summed E-state index contributed by atoms with van der Waals surface area (Å²) in [6.45, 7) is 3.76. The van der Waals surface area contributed by atoms with Gasteiger partial charge in [-0.25, -0.2) is 0 Å². The minimum absolute atomic E-state index is 0.0567. The second kappa shape index (κ2) is 9.43. The molecule has 0 spiro atoms. The maximum absolute atomic E-state index is 13.1. The number of aromatic nitrogens is 1. The Bertz CT molecular complexity index is 1360. The van der Waals surface area contributed by atoms with E-state index in [2.05, 4.69) is 5.32 Å². The van der Waals surface area contributed by atoms with Crippen LogP contribution in [0.25, 0.3) is 10.9 Å². The molecule has 1 N–H and O–H groups in total. The number of rotatable bonds is 6. The van der Waals surface area contributed by atoms with E-state index in [9.17, 15) is 9.59 Å². The van der Waals surface area contributed by atoms with Gasteiger partial charge in [-0.05, 0) is 36.2 Å². The van der Waals surface area contributed by atoms with Crippen LogP contribution in [0.4, 0.5) is 0 Å². The molecule has 3 aromatic carbocycles. The first-order chi connectivity index (χ1) is 16.6. The van der Waals surface area contributed by atoms with Crippen molar-refractivity contribution in [2.75, 3.05) is 13.2 Å². The maximum atomic E-state index is 13.1. The topological polar surface area (TPSA) is 69.6 Å². The highest BCUT2D eigenvalue weighted by molar-refractivity contribution is 6.16. The molecule has 0 atom stereocenters. The predicted octanol–water partition coefficient (Wildman–Crippen LogP) is 4.66. The number of amides is 1. The van der Waals surface area contributed by atoms with Gasteiger partial charge in [-0.3, -0.25) is 9.59 Å². The Morgan fingerprint density at radius 2 is 1.65 bits per heavy atom. The van der Waals surface area contributed by atoms with E-state index >= 15 is 0 Å². The van der Waals surface area contributed by atoms with Crippen LogP contribution in [0.3, 0.4) is 0 Å². The standard InChI is InChI=1S/C28H26N2O4/c1-19-14-25-26(34-13-7-12-33-25)15-21(19)16-29-27(31)18-30-17-23(22-10-5-6-11-24(22)30)28(32)20-8-3-2-4-9-20/h2-6,8-11,14-15,17H,7,12-13,16,18H2,1H3,(H,29,31). The number of hydrogen-bond acceptors (Lipinski definition) is 4. The Kier molecular flexibility index (Phi) is 6.04. The number of para-hydroxylation sites is 1. The Labute approximate surface area is 198 Å². The molecule has 1 aromatic heterocycles. The van der Waals surface area contributed by atoms with Gasteiger partial charge in [0.2, 0.25) is 5.91 Å². The van der Waals surface area contributed by atoms with Crippen molar-refractivity contribution in [2.45, 2.75) is 26.4 Å². The monoisotopic (exact) mass is 454 g/mol. The van der Waals surface area contributed by atoms with Crippen LogP contribution in [0.5, 0.6) is 11.5 Å². The zero-order chi connectivity index (χ0) is 23.5. The van der Waals surface area contributed by atoms with Crippen LogP contribution in [-0.4, -0.2) is 29.5 Å². The van der Waals surface area contributed by atoms with Crippen molar-refractivity contribution in [1.29, 1.82) is 0 Å². The van der Waals surface area contributed by atoms with E-state index in [-0.39, 0.29) is 18.2 Å². The minimum Gasteiger partial charge on any atom is -0.490 e. The molecule has 0 radical (unpaired) electrons. The van der Waals surface area contributed by atoms with Crippen LogP contribution in [0, 0.1) is 6.92 Å². The van der Waals surface area contributed by atoms with Gasteiger partial charge >= 0.3 is 0 Å². The van der Waals surface area contributed by atoms with E-state index in [0.29, 0.717) is 36.6 Å². The Hall–Kier alpha value is -4.06. The SMILES string of the molecule is Cc1cc2c(cc1CNC(=O)Cn1cc(C(=O)c3ccccc3)c3ccccc31)OCCCO2. The highest BCUT2D eigenvalue weighted by Gasteiger charge is 2.18. The van der Waals surface area contributed by atoms with E-state index in [0.717, 1.165) is 34.2 Å². The third-order valence-electron chi connectivity index (χ3n) is 6.07. The first-order valence-corrected chi connectivity index (χ1v) is 11.4. The van der Waals surface area contributed by atoms with Crippen LogP contribution in [-0.2, 0) is 17.9 Å². The molecule has 0 unspecified atom stereocenters. The van der Waals surface area contributed by atoms with E-state index in [1.54, 1.807) is 18.3 Å². The number of nitrogens with one attached hydrogen (secondary N) is 1. The van der Waals surface area contributed by atoms with Gasteiger partial charge in [0.1, 0.15) is 6.54 Å². The lowest BCUT2D eigenvalue weighted by molar-refractivity contribution is -0.121. The van der Waals surface area contributed by atoms with Crippen LogP contribution in [0.2, 0.25) is 0 Å². The summed E-state index contributed by atoms with van der Waals surface area (Å²) in [6.07, 6.45) is 2.62. The Balaban J connectivity index is 1.34. The molecule has 0 saturated heterocycles. The van der Waals surface area contributed by atoms with E-state index in [1.165, 1.54) is 0 Å². The second-order valence-electron chi connectivity index (χ2n) is 8.44. The van der Waals surface area contributed by atoms with Gasteiger partial charge in [0.15, 0.2) is 17.3 Å². The summed E-state index contributed by atoms with van der Waals surface area (Å²) in [5, 5.41) is 3.84. The molecule has 4 aromatic rings. The number of ketones is 1. The quantitative estimate of drug-likeness (QED) is 0.430. The van der Waals surface area contributed by atoms with Crippen LogP contribution < -0.4 is 14.8 Å². The van der Waals surface area contributed by atoms with Crippen LogP contribution >= 0.6 is 0 Å². The van der Waals surface area contributed by atoms with Gasteiger partial charge in [-0.2, -0.15) is 0 Å². The molecule has 1 aliphatic heterocycles. The summed E-state index contributed by atoms with van der Waals surface area (Å²) in [5.41, 5.74) is 4.08. The molecule has 0 saturated carbocycles. The first kappa shape index (κ1) is 21.8. The molecule has 34 heavy (non-hydrogen) atoms. The number of ether oxygens (including phenoxy) is 2. The number of benzene rings is 3. The van der Waals surface area contributed by atoms with Crippen molar-refractivity contribution in [1.82, 2.24) is 9.88 Å². The third kappa shape index (κ3) is 4.39. The summed E-state index contributed by atoms with van der Waals surface area (Å²) < 4.78 is 13.4. The summed E-state index contributed by atoms with van der Waals surface area (Å²) in [5.74, 6) is 1.28. The minimum atomic E-state index is -0.133. The molecule has 1 amide bonds. The van der Waals surface area contributed by atoms with Gasteiger partial charge in [0.25, 0.3) is 0 Å². The zero-order valence-electron chi connectivity index (χ0n) is 19.0. The number of carbonyl (C=O) groups excluding carboxylic acids is 2. The number of fused-ring (bicyclic) bond motifs is 2. The molecule has 0 aliphatic carbocycles. The molecule has 6 heteroatoms. The van der Waals surface area contributed by atoms with Crippen molar-refractivity contribution in [3.63, 3.8) is 0 Å². The predicted molar refractivity (Wildman–Crippen MR) is 130 cm³/mol. The third-order valence-corrected chi connectivity index (χ3v) is 6.07. The molecule has 0 fully saturated rings. The lowest BCUT2D eigenvalue weighted by atomic mass is 10.0. The molecule has 0 bridgehead atoms. The molecular weight excluding hydrogens is 428 g/mol. The number of hydrogen-bond donors (Lipinski definition) is 1. The van der Waals surface area contributed by atoms with Crippen molar-refractivity contribution in [2.24, 2.45) is 0 Å². The smallest absolute Gasteiger partial charge is 0.240 e. The Morgan fingerprint density at radius 3 is 2.44 bits per heavy atom. The molecule has 172 valence electrons. The molecular formula is C28H26N2O4. The van der Waals surface area contributed by atoms with Crippen LogP contribution in [0.15, 0.2) is 72.9 Å². The Morgan fingerprint density at radius 1 is 0.941 bits per heavy atom.